The molecular weight excluding hydrogens is 243 g/mol. The van der Waals surface area contributed by atoms with Crippen LogP contribution < -0.4 is 4.74 Å². The van der Waals surface area contributed by atoms with E-state index in [2.05, 4.69) is 0 Å². The lowest BCUT2D eigenvalue weighted by Crippen LogP contribution is -1.95. The van der Waals surface area contributed by atoms with Gasteiger partial charge in [-0.2, -0.15) is 0 Å². The van der Waals surface area contributed by atoms with Crippen LogP contribution in [0.5, 0.6) is 5.75 Å². The van der Waals surface area contributed by atoms with Crippen LogP contribution in [0.1, 0.15) is 22.3 Å². The van der Waals surface area contributed by atoms with Gasteiger partial charge >= 0.3 is 0 Å². The summed E-state index contributed by atoms with van der Waals surface area (Å²) in [5.41, 5.74) is 3.34. The van der Waals surface area contributed by atoms with Gasteiger partial charge in [0.25, 0.3) is 0 Å². The molecule has 0 N–H and O–H groups in total. The van der Waals surface area contributed by atoms with Crippen molar-refractivity contribution in [1.82, 2.24) is 0 Å². The molecule has 1 aliphatic rings. The number of fused-ring (bicyclic) bond motifs is 1. The first-order chi connectivity index (χ1) is 9.20. The van der Waals surface area contributed by atoms with Crippen molar-refractivity contribution in [2.75, 3.05) is 7.11 Å². The van der Waals surface area contributed by atoms with Crippen molar-refractivity contribution < 1.29 is 13.9 Å². The molecule has 0 bridgehead atoms. The van der Waals surface area contributed by atoms with E-state index >= 15 is 0 Å². The maximum atomic E-state index is 13.5. The highest BCUT2D eigenvalue weighted by molar-refractivity contribution is 6.02. The third kappa shape index (κ3) is 1.91. The Morgan fingerprint density at radius 3 is 2.63 bits per heavy atom. The summed E-state index contributed by atoms with van der Waals surface area (Å²) < 4.78 is 18.8. The van der Waals surface area contributed by atoms with Gasteiger partial charge in [-0.1, -0.05) is 18.2 Å². The zero-order valence-electron chi connectivity index (χ0n) is 10.6. The first-order valence-electron chi connectivity index (χ1n) is 6.19. The number of hydrogen-bond acceptors (Lipinski definition) is 2. The van der Waals surface area contributed by atoms with Gasteiger partial charge in [-0.05, 0) is 35.7 Å². The average molecular weight is 256 g/mol. The fraction of sp³-hybridized carbons (Fsp3) is 0.188. The van der Waals surface area contributed by atoms with Crippen molar-refractivity contribution >= 4 is 5.78 Å². The molecule has 96 valence electrons. The molecule has 0 fully saturated rings. The van der Waals surface area contributed by atoms with Crippen LogP contribution in [0.4, 0.5) is 4.39 Å². The first-order valence-corrected chi connectivity index (χ1v) is 6.19. The van der Waals surface area contributed by atoms with Crippen molar-refractivity contribution in [1.29, 1.82) is 0 Å². The molecule has 2 aromatic rings. The Kier molecular flexibility index (Phi) is 2.82. The van der Waals surface area contributed by atoms with E-state index in [1.165, 1.54) is 12.1 Å². The SMILES string of the molecule is COc1ccc(F)cc1-c1cccc2c1CCC2=O. The van der Waals surface area contributed by atoms with Crippen LogP contribution in [0.2, 0.25) is 0 Å². The van der Waals surface area contributed by atoms with Gasteiger partial charge in [0.1, 0.15) is 11.6 Å². The number of benzene rings is 2. The Hall–Kier alpha value is -2.16. The largest absolute Gasteiger partial charge is 0.496 e. The smallest absolute Gasteiger partial charge is 0.163 e. The number of halogens is 1. The van der Waals surface area contributed by atoms with Gasteiger partial charge < -0.3 is 4.74 Å². The molecule has 1 aliphatic carbocycles. The summed E-state index contributed by atoms with van der Waals surface area (Å²) in [7, 11) is 1.56. The van der Waals surface area contributed by atoms with Crippen LogP contribution in [0.15, 0.2) is 36.4 Å². The topological polar surface area (TPSA) is 26.3 Å². The van der Waals surface area contributed by atoms with E-state index in [1.54, 1.807) is 13.2 Å². The molecule has 3 heteroatoms. The van der Waals surface area contributed by atoms with E-state index < -0.39 is 0 Å². The lowest BCUT2D eigenvalue weighted by Gasteiger charge is -2.12. The lowest BCUT2D eigenvalue weighted by atomic mass is 9.96. The van der Waals surface area contributed by atoms with Gasteiger partial charge in [0.2, 0.25) is 0 Å². The molecule has 0 spiro atoms. The number of ether oxygens (including phenoxy) is 1. The molecular formula is C16H13FO2. The Bertz CT molecular complexity index is 662. The molecule has 0 aliphatic heterocycles. The lowest BCUT2D eigenvalue weighted by molar-refractivity contribution is 0.0994. The molecule has 19 heavy (non-hydrogen) atoms. The van der Waals surface area contributed by atoms with Gasteiger partial charge in [-0.15, -0.1) is 0 Å². The summed E-state index contributed by atoms with van der Waals surface area (Å²) in [5.74, 6) is 0.471. The van der Waals surface area contributed by atoms with E-state index in [1.807, 2.05) is 18.2 Å². The van der Waals surface area contributed by atoms with Gasteiger partial charge in [-0.25, -0.2) is 4.39 Å². The minimum atomic E-state index is -0.308. The van der Waals surface area contributed by atoms with E-state index in [0.717, 1.165) is 16.7 Å². The van der Waals surface area contributed by atoms with Crippen molar-refractivity contribution in [3.05, 3.63) is 53.3 Å². The Morgan fingerprint density at radius 1 is 1.05 bits per heavy atom. The number of carbonyl (C=O) groups is 1. The summed E-state index contributed by atoms with van der Waals surface area (Å²) in [6.45, 7) is 0. The Balaban J connectivity index is 2.24. The fourth-order valence-electron chi connectivity index (χ4n) is 2.63. The monoisotopic (exact) mass is 256 g/mol. The highest BCUT2D eigenvalue weighted by atomic mass is 19.1. The second-order valence-electron chi connectivity index (χ2n) is 4.60. The zero-order valence-corrected chi connectivity index (χ0v) is 10.6. The quantitative estimate of drug-likeness (QED) is 0.820. The van der Waals surface area contributed by atoms with Gasteiger partial charge in [0.15, 0.2) is 5.78 Å². The van der Waals surface area contributed by atoms with Crippen LogP contribution in [-0.4, -0.2) is 12.9 Å². The van der Waals surface area contributed by atoms with Crippen LogP contribution in [0.3, 0.4) is 0 Å². The van der Waals surface area contributed by atoms with Gasteiger partial charge in [0, 0.05) is 17.5 Å². The molecule has 0 atom stereocenters. The van der Waals surface area contributed by atoms with E-state index in [9.17, 15) is 9.18 Å². The van der Waals surface area contributed by atoms with Crippen LogP contribution in [-0.2, 0) is 6.42 Å². The van der Waals surface area contributed by atoms with Crippen LogP contribution in [0, 0.1) is 5.82 Å². The fourth-order valence-corrected chi connectivity index (χ4v) is 2.63. The molecule has 0 radical (unpaired) electrons. The highest BCUT2D eigenvalue weighted by Crippen LogP contribution is 2.37. The van der Waals surface area contributed by atoms with Gasteiger partial charge in [-0.3, -0.25) is 4.79 Å². The standard InChI is InChI=1S/C16H13FO2/c1-19-16-8-5-10(17)9-14(16)11-3-2-4-13-12(11)6-7-15(13)18/h2-5,8-9H,6-7H2,1H3. The van der Waals surface area contributed by atoms with Crippen molar-refractivity contribution in [3.63, 3.8) is 0 Å². The second kappa shape index (κ2) is 4.50. The van der Waals surface area contributed by atoms with E-state index in [4.69, 9.17) is 4.74 Å². The predicted octanol–water partition coefficient (Wildman–Crippen LogP) is 3.63. The maximum Gasteiger partial charge on any atom is 0.163 e. The first kappa shape index (κ1) is 11.9. The Morgan fingerprint density at radius 2 is 1.84 bits per heavy atom. The molecule has 2 aromatic carbocycles. The number of ketones is 1. The molecule has 0 saturated carbocycles. The maximum absolute atomic E-state index is 13.5. The number of carbonyl (C=O) groups excluding carboxylic acids is 1. The van der Waals surface area contributed by atoms with Crippen molar-refractivity contribution in [2.24, 2.45) is 0 Å². The molecule has 0 amide bonds. The van der Waals surface area contributed by atoms with E-state index in [-0.39, 0.29) is 11.6 Å². The second-order valence-corrected chi connectivity index (χ2v) is 4.60. The summed E-state index contributed by atoms with van der Waals surface area (Å²) in [5, 5.41) is 0. The number of hydrogen-bond donors (Lipinski definition) is 0. The molecule has 0 saturated heterocycles. The molecule has 3 rings (SSSR count). The molecule has 0 aromatic heterocycles. The number of rotatable bonds is 2. The minimum absolute atomic E-state index is 0.159. The van der Waals surface area contributed by atoms with Crippen molar-refractivity contribution in [3.8, 4) is 16.9 Å². The van der Waals surface area contributed by atoms with Crippen LogP contribution >= 0.6 is 0 Å². The summed E-state index contributed by atoms with van der Waals surface area (Å²) >= 11 is 0. The van der Waals surface area contributed by atoms with E-state index in [0.29, 0.717) is 24.2 Å². The summed E-state index contributed by atoms with van der Waals surface area (Å²) in [4.78, 5) is 11.8. The third-order valence-corrected chi connectivity index (χ3v) is 3.53. The molecule has 2 nitrogen and oxygen atoms in total. The molecule has 0 heterocycles. The summed E-state index contributed by atoms with van der Waals surface area (Å²) in [6.07, 6.45) is 1.24. The van der Waals surface area contributed by atoms with Gasteiger partial charge in [0.05, 0.1) is 7.11 Å². The average Bonchev–Trinajstić information content (AvgIpc) is 2.81. The van der Waals surface area contributed by atoms with Crippen molar-refractivity contribution in [2.45, 2.75) is 12.8 Å². The third-order valence-electron chi connectivity index (χ3n) is 3.53. The summed E-state index contributed by atoms with van der Waals surface area (Å²) in [6, 6.07) is 10.0. The number of Topliss-reactive ketones (excluding diaryl/α,β-unsaturated/α-hetero) is 1. The normalized spacial score (nSPS) is 13.5. The number of methoxy groups -OCH3 is 1. The predicted molar refractivity (Wildman–Crippen MR) is 71.0 cm³/mol. The van der Waals surface area contributed by atoms with Crippen LogP contribution in [0.25, 0.3) is 11.1 Å². The zero-order chi connectivity index (χ0) is 13.4. The Labute approximate surface area is 110 Å². The molecule has 0 unspecified atom stereocenters. The minimum Gasteiger partial charge on any atom is -0.496 e. The highest BCUT2D eigenvalue weighted by Gasteiger charge is 2.23.